The normalized spacial score (nSPS) is 11.2. The molecule has 1 aromatic rings. The van der Waals surface area contributed by atoms with Gasteiger partial charge >= 0.3 is 12.1 Å². The molecule has 0 aromatic heterocycles. The molecule has 0 aliphatic heterocycles. The minimum atomic E-state index is -5.65. The van der Waals surface area contributed by atoms with E-state index in [0.29, 0.717) is 0 Å². The number of benzene rings is 1. The number of hydrogen-bond donors (Lipinski definition) is 0. The van der Waals surface area contributed by atoms with Crippen molar-refractivity contribution in [3.8, 4) is 5.75 Å². The second-order valence-corrected chi connectivity index (χ2v) is 3.45. The first-order valence-electron chi connectivity index (χ1n) is 5.36. The molecule has 0 unspecified atom stereocenters. The average Bonchev–Trinajstić information content (AvgIpc) is 2.46. The zero-order valence-corrected chi connectivity index (χ0v) is 11.0. The standard InChI is InChI=1S/C8F8O2.C4H8/c9-1-2(10)4(12)6(5(13)3(1)11)18-7(17)8(14,15)16;1-3-4-2/h;3-4H,1-2H3/b;4-3-. The van der Waals surface area contributed by atoms with Crippen molar-refractivity contribution in [3.05, 3.63) is 41.2 Å². The van der Waals surface area contributed by atoms with E-state index in [9.17, 15) is 39.9 Å². The van der Waals surface area contributed by atoms with Crippen molar-refractivity contribution in [1.82, 2.24) is 0 Å². The Labute approximate surface area is 119 Å². The number of ether oxygens (including phenoxy) is 1. The molecule has 22 heavy (non-hydrogen) atoms. The maximum Gasteiger partial charge on any atom is 0.491 e. The number of rotatable bonds is 1. The Morgan fingerprint density at radius 3 is 1.41 bits per heavy atom. The van der Waals surface area contributed by atoms with Crippen LogP contribution in [0.25, 0.3) is 0 Å². The molecular formula is C12H8F8O2. The zero-order chi connectivity index (χ0) is 17.7. The lowest BCUT2D eigenvalue weighted by Crippen LogP contribution is -2.29. The molecule has 0 atom stereocenters. The molecule has 2 nitrogen and oxygen atoms in total. The van der Waals surface area contributed by atoms with E-state index in [-0.39, 0.29) is 0 Å². The van der Waals surface area contributed by atoms with Crippen molar-refractivity contribution < 1.29 is 44.7 Å². The third-order valence-electron chi connectivity index (χ3n) is 1.93. The highest BCUT2D eigenvalue weighted by Crippen LogP contribution is 2.30. The molecule has 0 saturated heterocycles. The van der Waals surface area contributed by atoms with Crippen molar-refractivity contribution >= 4 is 5.97 Å². The molecule has 124 valence electrons. The number of carbonyl (C=O) groups excluding carboxylic acids is 1. The third kappa shape index (κ3) is 4.71. The van der Waals surface area contributed by atoms with Crippen molar-refractivity contribution in [2.45, 2.75) is 20.0 Å². The van der Waals surface area contributed by atoms with Gasteiger partial charge in [0.25, 0.3) is 0 Å². The van der Waals surface area contributed by atoms with Gasteiger partial charge in [-0.05, 0) is 13.8 Å². The smallest absolute Gasteiger partial charge is 0.413 e. The summed E-state index contributed by atoms with van der Waals surface area (Å²) >= 11 is 0. The van der Waals surface area contributed by atoms with Crippen LogP contribution in [-0.2, 0) is 4.79 Å². The molecule has 0 saturated carbocycles. The summed E-state index contributed by atoms with van der Waals surface area (Å²) in [6, 6.07) is 0. The number of hydrogen-bond acceptors (Lipinski definition) is 2. The SMILES string of the molecule is C/C=C\C.O=C(Oc1c(F)c(F)c(F)c(F)c1F)C(F)(F)F. The maximum atomic E-state index is 12.8. The third-order valence-corrected chi connectivity index (χ3v) is 1.93. The van der Waals surface area contributed by atoms with E-state index >= 15 is 0 Å². The number of esters is 1. The summed E-state index contributed by atoms with van der Waals surface area (Å²) in [5.41, 5.74) is 0. The van der Waals surface area contributed by atoms with Gasteiger partial charge in [0.15, 0.2) is 0 Å². The number of alkyl halides is 3. The lowest BCUT2D eigenvalue weighted by molar-refractivity contribution is -0.190. The molecule has 0 bridgehead atoms. The summed E-state index contributed by atoms with van der Waals surface area (Å²) in [6.45, 7) is 4.00. The minimum Gasteiger partial charge on any atom is -0.413 e. The van der Waals surface area contributed by atoms with Gasteiger partial charge in [-0.2, -0.15) is 22.0 Å². The van der Waals surface area contributed by atoms with Crippen LogP contribution in [0.15, 0.2) is 12.2 Å². The van der Waals surface area contributed by atoms with Crippen LogP contribution in [0, 0.1) is 29.1 Å². The Hall–Kier alpha value is -2.13. The van der Waals surface area contributed by atoms with E-state index in [1.807, 2.05) is 26.0 Å². The van der Waals surface area contributed by atoms with Gasteiger partial charge in [-0.15, -0.1) is 0 Å². The lowest BCUT2D eigenvalue weighted by atomic mass is 10.2. The highest BCUT2D eigenvalue weighted by Gasteiger charge is 2.43. The van der Waals surface area contributed by atoms with Crippen LogP contribution >= 0.6 is 0 Å². The Morgan fingerprint density at radius 1 is 0.818 bits per heavy atom. The van der Waals surface area contributed by atoms with E-state index in [1.54, 1.807) is 0 Å². The largest absolute Gasteiger partial charge is 0.491 e. The van der Waals surface area contributed by atoms with Gasteiger partial charge in [0.1, 0.15) is 0 Å². The zero-order valence-electron chi connectivity index (χ0n) is 11.0. The molecule has 1 rings (SSSR count). The molecular weight excluding hydrogens is 328 g/mol. The van der Waals surface area contributed by atoms with E-state index in [1.165, 1.54) is 0 Å². The van der Waals surface area contributed by atoms with Crippen molar-refractivity contribution in [3.63, 3.8) is 0 Å². The van der Waals surface area contributed by atoms with Gasteiger partial charge in [0.05, 0.1) is 0 Å². The second-order valence-electron chi connectivity index (χ2n) is 3.45. The molecule has 0 fully saturated rings. The summed E-state index contributed by atoms with van der Waals surface area (Å²) in [5.74, 6) is -18.4. The first kappa shape index (κ1) is 19.9. The van der Waals surface area contributed by atoms with Crippen LogP contribution in [0.4, 0.5) is 35.1 Å². The van der Waals surface area contributed by atoms with E-state index in [0.717, 1.165) is 0 Å². The van der Waals surface area contributed by atoms with E-state index < -0.39 is 47.0 Å². The molecule has 0 amide bonds. The van der Waals surface area contributed by atoms with Crippen LogP contribution in [0.5, 0.6) is 5.75 Å². The van der Waals surface area contributed by atoms with Crippen LogP contribution in [0.1, 0.15) is 13.8 Å². The van der Waals surface area contributed by atoms with Crippen molar-refractivity contribution in [2.75, 3.05) is 0 Å². The number of halogens is 8. The number of carbonyl (C=O) groups is 1. The Kier molecular flexibility index (Phi) is 7.01. The van der Waals surface area contributed by atoms with Crippen molar-refractivity contribution in [1.29, 1.82) is 0 Å². The highest BCUT2D eigenvalue weighted by molar-refractivity contribution is 5.78. The monoisotopic (exact) mass is 336 g/mol. The fourth-order valence-electron chi connectivity index (χ4n) is 0.825. The quantitative estimate of drug-likeness (QED) is 0.189. The molecule has 1 aromatic carbocycles. The molecule has 0 aliphatic rings. The van der Waals surface area contributed by atoms with Crippen LogP contribution in [0.2, 0.25) is 0 Å². The fourth-order valence-corrected chi connectivity index (χ4v) is 0.825. The lowest BCUT2D eigenvalue weighted by Gasteiger charge is -2.09. The van der Waals surface area contributed by atoms with E-state index in [4.69, 9.17) is 0 Å². The maximum absolute atomic E-state index is 12.8. The Balaban J connectivity index is 0.000000980. The average molecular weight is 336 g/mol. The fraction of sp³-hybridized carbons (Fsp3) is 0.250. The summed E-state index contributed by atoms with van der Waals surface area (Å²) in [6.07, 6.45) is -1.65. The molecule has 0 aliphatic carbocycles. The second kappa shape index (κ2) is 7.76. The molecule has 0 radical (unpaired) electrons. The molecule has 10 heteroatoms. The first-order chi connectivity index (χ1) is 9.98. The predicted octanol–water partition coefficient (Wildman–Crippen LogP) is 4.43. The van der Waals surface area contributed by atoms with Crippen LogP contribution in [-0.4, -0.2) is 12.1 Å². The Morgan fingerprint density at radius 2 is 1.14 bits per heavy atom. The highest BCUT2D eigenvalue weighted by atomic mass is 19.4. The topological polar surface area (TPSA) is 26.3 Å². The van der Waals surface area contributed by atoms with Crippen molar-refractivity contribution in [2.24, 2.45) is 0 Å². The van der Waals surface area contributed by atoms with Gasteiger partial charge < -0.3 is 4.74 Å². The van der Waals surface area contributed by atoms with Gasteiger partial charge in [-0.3, -0.25) is 0 Å². The van der Waals surface area contributed by atoms with Gasteiger partial charge in [-0.1, -0.05) is 12.2 Å². The van der Waals surface area contributed by atoms with Gasteiger partial charge in [-0.25, -0.2) is 18.0 Å². The minimum absolute atomic E-state index is 2.00. The summed E-state index contributed by atoms with van der Waals surface area (Å²) in [4.78, 5) is 10.2. The van der Waals surface area contributed by atoms with Gasteiger partial charge in [0, 0.05) is 0 Å². The summed E-state index contributed by atoms with van der Waals surface area (Å²) in [5, 5.41) is 0. The Bertz CT molecular complexity index is 544. The number of allylic oxidation sites excluding steroid dienone is 2. The van der Waals surface area contributed by atoms with Crippen LogP contribution < -0.4 is 4.74 Å². The molecule has 0 spiro atoms. The predicted molar refractivity (Wildman–Crippen MR) is 58.4 cm³/mol. The first-order valence-corrected chi connectivity index (χ1v) is 5.36. The van der Waals surface area contributed by atoms with Crippen LogP contribution in [0.3, 0.4) is 0 Å². The van der Waals surface area contributed by atoms with Gasteiger partial charge in [0.2, 0.25) is 34.8 Å². The summed E-state index contributed by atoms with van der Waals surface area (Å²) in [7, 11) is 0. The van der Waals surface area contributed by atoms with E-state index in [2.05, 4.69) is 4.74 Å². The molecule has 0 heterocycles. The molecule has 0 N–H and O–H groups in total. The summed E-state index contributed by atoms with van der Waals surface area (Å²) < 4.78 is 101.